The van der Waals surface area contributed by atoms with Crippen molar-refractivity contribution < 1.29 is 9.90 Å². The molecule has 1 aromatic heterocycles. The van der Waals surface area contributed by atoms with E-state index in [1.807, 2.05) is 43.4 Å². The Balaban J connectivity index is 2.34. The monoisotopic (exact) mass is 254 g/mol. The van der Waals surface area contributed by atoms with Crippen molar-refractivity contribution in [3.05, 3.63) is 48.0 Å². The Kier molecular flexibility index (Phi) is 2.54. The summed E-state index contributed by atoms with van der Waals surface area (Å²) in [6.07, 6.45) is 0. The Morgan fingerprint density at radius 1 is 1.16 bits per heavy atom. The van der Waals surface area contributed by atoms with Gasteiger partial charge in [-0.15, -0.1) is 0 Å². The van der Waals surface area contributed by atoms with Gasteiger partial charge in [-0.2, -0.15) is 0 Å². The zero-order valence-corrected chi connectivity index (χ0v) is 10.5. The minimum atomic E-state index is -1.01. The molecule has 3 aromatic rings. The van der Waals surface area contributed by atoms with Crippen LogP contribution in [0.2, 0.25) is 0 Å². The van der Waals surface area contributed by atoms with Crippen LogP contribution < -0.4 is 5.73 Å². The third-order valence-corrected chi connectivity index (χ3v) is 3.56. The average molecular weight is 254 g/mol. The van der Waals surface area contributed by atoms with E-state index in [-0.39, 0.29) is 0 Å². The molecule has 3 N–H and O–H groups in total. The second-order valence-electron chi connectivity index (χ2n) is 4.67. The summed E-state index contributed by atoms with van der Waals surface area (Å²) in [5, 5.41) is 11.1. The molecular formula is C15H14N2O2. The number of aromatic nitrogens is 1. The lowest BCUT2D eigenvalue weighted by atomic mass is 10.0. The lowest BCUT2D eigenvalue weighted by molar-refractivity contribution is -0.138. The molecule has 0 saturated heterocycles. The van der Waals surface area contributed by atoms with Crippen molar-refractivity contribution in [2.75, 3.05) is 0 Å². The van der Waals surface area contributed by atoms with Crippen molar-refractivity contribution in [1.29, 1.82) is 0 Å². The molecule has 0 aliphatic rings. The Bertz CT molecular complexity index is 789. The van der Waals surface area contributed by atoms with E-state index in [0.717, 1.165) is 21.8 Å². The van der Waals surface area contributed by atoms with Crippen LogP contribution in [0.3, 0.4) is 0 Å². The Morgan fingerprint density at radius 2 is 1.84 bits per heavy atom. The van der Waals surface area contributed by atoms with E-state index in [4.69, 9.17) is 10.8 Å². The molecule has 0 spiro atoms. The van der Waals surface area contributed by atoms with Gasteiger partial charge in [-0.25, -0.2) is 0 Å². The molecule has 1 heterocycles. The van der Waals surface area contributed by atoms with Crippen LogP contribution in [0, 0.1) is 0 Å². The number of nitrogens with zero attached hydrogens (tertiary/aromatic N) is 1. The van der Waals surface area contributed by atoms with Gasteiger partial charge in [0.1, 0.15) is 6.04 Å². The summed E-state index contributed by atoms with van der Waals surface area (Å²) in [7, 11) is 2.00. The quantitative estimate of drug-likeness (QED) is 0.738. The highest BCUT2D eigenvalue weighted by Gasteiger charge is 2.16. The Labute approximate surface area is 110 Å². The highest BCUT2D eigenvalue weighted by atomic mass is 16.4. The molecule has 0 radical (unpaired) electrons. The third-order valence-electron chi connectivity index (χ3n) is 3.56. The zero-order valence-electron chi connectivity index (χ0n) is 10.5. The number of carboxylic acid groups (broad SMARTS) is 1. The smallest absolute Gasteiger partial charge is 0.325 e. The van der Waals surface area contributed by atoms with Gasteiger partial charge in [0.15, 0.2) is 0 Å². The Hall–Kier alpha value is -2.33. The summed E-state index contributed by atoms with van der Waals surface area (Å²) in [6.45, 7) is 0. The molecule has 0 bridgehead atoms. The predicted molar refractivity (Wildman–Crippen MR) is 75.0 cm³/mol. The predicted octanol–water partition coefficient (Wildman–Crippen LogP) is 2.42. The molecule has 2 aromatic carbocycles. The highest BCUT2D eigenvalue weighted by Crippen LogP contribution is 2.29. The van der Waals surface area contributed by atoms with Crippen molar-refractivity contribution in [2.45, 2.75) is 6.04 Å². The normalized spacial score (nSPS) is 12.9. The number of fused-ring (bicyclic) bond motifs is 3. The molecule has 0 fully saturated rings. The number of rotatable bonds is 2. The molecule has 4 heteroatoms. The molecule has 3 rings (SSSR count). The van der Waals surface area contributed by atoms with Gasteiger partial charge in [0.2, 0.25) is 0 Å². The lowest BCUT2D eigenvalue weighted by Crippen LogP contribution is -2.20. The number of aryl methyl sites for hydroxylation is 1. The van der Waals surface area contributed by atoms with Crippen LogP contribution in [0.5, 0.6) is 0 Å². The zero-order chi connectivity index (χ0) is 13.6. The first-order valence-corrected chi connectivity index (χ1v) is 6.05. The van der Waals surface area contributed by atoms with Crippen molar-refractivity contribution in [3.63, 3.8) is 0 Å². The summed E-state index contributed by atoms with van der Waals surface area (Å²) >= 11 is 0. The first-order valence-electron chi connectivity index (χ1n) is 6.05. The van der Waals surface area contributed by atoms with Gasteiger partial charge >= 0.3 is 5.97 Å². The number of carboxylic acids is 1. The van der Waals surface area contributed by atoms with Crippen LogP contribution in [0.1, 0.15) is 11.6 Å². The molecule has 0 aliphatic heterocycles. The van der Waals surface area contributed by atoms with E-state index in [1.54, 1.807) is 6.07 Å². The fraction of sp³-hybridized carbons (Fsp3) is 0.133. The number of nitrogens with two attached hydrogens (primary N) is 1. The van der Waals surface area contributed by atoms with E-state index < -0.39 is 12.0 Å². The molecule has 1 atom stereocenters. The second kappa shape index (κ2) is 4.10. The number of hydrogen-bond donors (Lipinski definition) is 2. The topological polar surface area (TPSA) is 68.2 Å². The van der Waals surface area contributed by atoms with Gasteiger partial charge < -0.3 is 15.4 Å². The van der Waals surface area contributed by atoms with Crippen molar-refractivity contribution in [1.82, 2.24) is 4.57 Å². The van der Waals surface area contributed by atoms with Gasteiger partial charge in [-0.05, 0) is 23.8 Å². The fourth-order valence-electron chi connectivity index (χ4n) is 2.52. The van der Waals surface area contributed by atoms with E-state index in [2.05, 4.69) is 4.57 Å². The highest BCUT2D eigenvalue weighted by molar-refractivity contribution is 6.08. The van der Waals surface area contributed by atoms with Gasteiger partial charge in [0, 0.05) is 28.9 Å². The van der Waals surface area contributed by atoms with Crippen LogP contribution >= 0.6 is 0 Å². The standard InChI is InChI=1S/C15H14N2O2/c1-17-12-5-3-2-4-10(12)11-8-9(6-7-13(11)17)14(16)15(18)19/h2-8,14H,16H2,1H3,(H,18,19)/t14-/m0/s1. The molecule has 0 aliphatic carbocycles. The SMILES string of the molecule is Cn1c2ccccc2c2cc([C@H](N)C(=O)O)ccc21. The maximum absolute atomic E-state index is 11.0. The Morgan fingerprint density at radius 3 is 2.58 bits per heavy atom. The van der Waals surface area contributed by atoms with Gasteiger partial charge in [0.25, 0.3) is 0 Å². The molecule has 19 heavy (non-hydrogen) atoms. The molecule has 0 saturated carbocycles. The van der Waals surface area contributed by atoms with Crippen molar-refractivity contribution >= 4 is 27.8 Å². The molecule has 0 amide bonds. The first kappa shape index (κ1) is 11.7. The van der Waals surface area contributed by atoms with E-state index in [1.165, 1.54) is 0 Å². The third kappa shape index (κ3) is 1.69. The van der Waals surface area contributed by atoms with Crippen molar-refractivity contribution in [3.8, 4) is 0 Å². The maximum Gasteiger partial charge on any atom is 0.325 e. The molecule has 96 valence electrons. The average Bonchev–Trinajstić information content (AvgIpc) is 2.72. The molecule has 4 nitrogen and oxygen atoms in total. The van der Waals surface area contributed by atoms with E-state index in [0.29, 0.717) is 5.56 Å². The van der Waals surface area contributed by atoms with Gasteiger partial charge in [0.05, 0.1) is 0 Å². The number of carbonyl (C=O) groups is 1. The second-order valence-corrected chi connectivity index (χ2v) is 4.67. The van der Waals surface area contributed by atoms with Crippen molar-refractivity contribution in [2.24, 2.45) is 12.8 Å². The van der Waals surface area contributed by atoms with Gasteiger partial charge in [-0.3, -0.25) is 4.79 Å². The van der Waals surface area contributed by atoms with E-state index in [9.17, 15) is 4.79 Å². The van der Waals surface area contributed by atoms with Crippen LogP contribution in [0.25, 0.3) is 21.8 Å². The lowest BCUT2D eigenvalue weighted by Gasteiger charge is -2.07. The largest absolute Gasteiger partial charge is 0.480 e. The van der Waals surface area contributed by atoms with Crippen LogP contribution in [-0.2, 0) is 11.8 Å². The molecule has 0 unspecified atom stereocenters. The summed E-state index contributed by atoms with van der Waals surface area (Å²) in [4.78, 5) is 11.0. The van der Waals surface area contributed by atoms with Crippen LogP contribution in [-0.4, -0.2) is 15.6 Å². The summed E-state index contributed by atoms with van der Waals surface area (Å²) in [5.74, 6) is -1.01. The minimum absolute atomic E-state index is 0.622. The summed E-state index contributed by atoms with van der Waals surface area (Å²) < 4.78 is 2.10. The first-order chi connectivity index (χ1) is 9.09. The number of hydrogen-bond acceptors (Lipinski definition) is 2. The minimum Gasteiger partial charge on any atom is -0.480 e. The fourth-order valence-corrected chi connectivity index (χ4v) is 2.52. The number of benzene rings is 2. The van der Waals surface area contributed by atoms with E-state index >= 15 is 0 Å². The van der Waals surface area contributed by atoms with Gasteiger partial charge in [-0.1, -0.05) is 24.3 Å². The summed E-state index contributed by atoms with van der Waals surface area (Å²) in [5.41, 5.74) is 8.49. The molecular weight excluding hydrogens is 240 g/mol. The number of para-hydroxylation sites is 1. The maximum atomic E-state index is 11.0. The number of aliphatic carboxylic acids is 1. The summed E-state index contributed by atoms with van der Waals surface area (Å²) in [6, 6.07) is 12.6. The van der Waals surface area contributed by atoms with Crippen LogP contribution in [0.15, 0.2) is 42.5 Å². The van der Waals surface area contributed by atoms with Crippen LogP contribution in [0.4, 0.5) is 0 Å².